The van der Waals surface area contributed by atoms with Crippen molar-refractivity contribution in [3.8, 4) is 0 Å². The van der Waals surface area contributed by atoms with Crippen LogP contribution >= 0.6 is 0 Å². The zero-order valence-electron chi connectivity index (χ0n) is 13.9. The minimum Gasteiger partial charge on any atom is -0.382 e. The van der Waals surface area contributed by atoms with E-state index in [1.54, 1.807) is 0 Å². The summed E-state index contributed by atoms with van der Waals surface area (Å²) in [6.45, 7) is 0. The lowest BCUT2D eigenvalue weighted by molar-refractivity contribution is -0.480. The minimum atomic E-state index is -0.687. The first-order chi connectivity index (χ1) is 11.6. The number of nitro groups is 2. The van der Waals surface area contributed by atoms with Gasteiger partial charge in [-0.2, -0.15) is 0 Å². The molecule has 24 heavy (non-hydrogen) atoms. The summed E-state index contributed by atoms with van der Waals surface area (Å²) in [4.78, 5) is 21.2. The second-order valence-electron chi connectivity index (χ2n) is 6.58. The molecule has 2 N–H and O–H groups in total. The molecule has 0 amide bonds. The molecule has 2 rings (SSSR count). The van der Waals surface area contributed by atoms with Gasteiger partial charge in [0, 0.05) is 12.1 Å². The normalized spacial score (nSPS) is 21.3. The monoisotopic (exact) mass is 338 g/mol. The maximum absolute atomic E-state index is 11.3. The van der Waals surface area contributed by atoms with Gasteiger partial charge in [-0.05, 0) is 25.7 Å². The zero-order chi connectivity index (χ0) is 17.4. The van der Waals surface area contributed by atoms with Crippen molar-refractivity contribution in [2.24, 2.45) is 0 Å². The summed E-state index contributed by atoms with van der Waals surface area (Å²) >= 11 is 0. The molecule has 0 atom stereocenters. The molecular weight excluding hydrogens is 312 g/mol. The number of nitrogens with one attached hydrogen (secondary N) is 2. The van der Waals surface area contributed by atoms with Gasteiger partial charge in [0.25, 0.3) is 0 Å². The van der Waals surface area contributed by atoms with E-state index in [1.165, 1.54) is 25.2 Å². The lowest BCUT2D eigenvalue weighted by atomic mass is 9.95. The molecule has 0 aromatic heterocycles. The SMILES string of the molecule is O=[N+]([O-])C(=C/NC1CCCCC1)/C(=C\NC1CCCCC1)[N+](=O)[O-]. The van der Waals surface area contributed by atoms with Gasteiger partial charge in [-0.25, -0.2) is 0 Å². The second kappa shape index (κ2) is 9.24. The summed E-state index contributed by atoms with van der Waals surface area (Å²) in [7, 11) is 0. The molecule has 0 bridgehead atoms. The number of rotatable bonds is 7. The van der Waals surface area contributed by atoms with Crippen molar-refractivity contribution in [2.75, 3.05) is 0 Å². The maximum atomic E-state index is 11.3. The van der Waals surface area contributed by atoms with Crippen LogP contribution < -0.4 is 10.6 Å². The first-order valence-corrected chi connectivity index (χ1v) is 8.79. The Morgan fingerprint density at radius 2 is 1.04 bits per heavy atom. The predicted molar refractivity (Wildman–Crippen MR) is 90.2 cm³/mol. The average Bonchev–Trinajstić information content (AvgIpc) is 2.59. The van der Waals surface area contributed by atoms with Gasteiger partial charge in [-0.15, -0.1) is 0 Å². The van der Waals surface area contributed by atoms with E-state index in [0.29, 0.717) is 0 Å². The Morgan fingerprint density at radius 1 is 0.708 bits per heavy atom. The Labute approximate surface area is 141 Å². The molecule has 0 saturated heterocycles. The first-order valence-electron chi connectivity index (χ1n) is 8.79. The number of hydrogen-bond donors (Lipinski definition) is 2. The van der Waals surface area contributed by atoms with Crippen LogP contribution in [0.3, 0.4) is 0 Å². The van der Waals surface area contributed by atoms with Crippen LogP contribution in [0.1, 0.15) is 64.2 Å². The molecule has 2 aliphatic carbocycles. The second-order valence-corrected chi connectivity index (χ2v) is 6.58. The molecule has 2 aliphatic rings. The van der Waals surface area contributed by atoms with Crippen molar-refractivity contribution in [3.05, 3.63) is 44.0 Å². The molecule has 0 aromatic carbocycles. The van der Waals surface area contributed by atoms with Gasteiger partial charge < -0.3 is 10.6 Å². The van der Waals surface area contributed by atoms with Gasteiger partial charge in [0.2, 0.25) is 0 Å². The van der Waals surface area contributed by atoms with E-state index in [4.69, 9.17) is 0 Å². The fourth-order valence-corrected chi connectivity index (χ4v) is 3.37. The van der Waals surface area contributed by atoms with Crippen molar-refractivity contribution in [3.63, 3.8) is 0 Å². The first kappa shape index (κ1) is 18.2. The molecule has 0 heterocycles. The third kappa shape index (κ3) is 5.50. The van der Waals surface area contributed by atoms with Crippen LogP contribution in [0.25, 0.3) is 0 Å². The highest BCUT2D eigenvalue weighted by Crippen LogP contribution is 2.20. The molecule has 8 heteroatoms. The van der Waals surface area contributed by atoms with Crippen LogP contribution in [0, 0.1) is 20.2 Å². The Morgan fingerprint density at radius 3 is 1.33 bits per heavy atom. The van der Waals surface area contributed by atoms with Crippen LogP contribution in [0.15, 0.2) is 23.8 Å². The van der Waals surface area contributed by atoms with Crippen molar-refractivity contribution in [1.29, 1.82) is 0 Å². The van der Waals surface area contributed by atoms with Gasteiger partial charge in [-0.3, -0.25) is 20.2 Å². The summed E-state index contributed by atoms with van der Waals surface area (Å²) < 4.78 is 0. The Hall–Kier alpha value is -2.12. The highest BCUT2D eigenvalue weighted by atomic mass is 16.6. The molecule has 0 unspecified atom stereocenters. The fourth-order valence-electron chi connectivity index (χ4n) is 3.37. The highest BCUT2D eigenvalue weighted by molar-refractivity contribution is 5.17. The molecule has 0 aromatic rings. The molecule has 2 saturated carbocycles. The van der Waals surface area contributed by atoms with Gasteiger partial charge in [0.1, 0.15) is 0 Å². The van der Waals surface area contributed by atoms with E-state index < -0.39 is 21.2 Å². The molecule has 0 radical (unpaired) electrons. The van der Waals surface area contributed by atoms with E-state index in [9.17, 15) is 20.2 Å². The number of nitrogens with zero attached hydrogens (tertiary/aromatic N) is 2. The number of hydrogen-bond acceptors (Lipinski definition) is 6. The van der Waals surface area contributed by atoms with E-state index in [2.05, 4.69) is 10.6 Å². The smallest absolute Gasteiger partial charge is 0.363 e. The molecule has 0 aliphatic heterocycles. The van der Waals surface area contributed by atoms with Crippen molar-refractivity contribution in [2.45, 2.75) is 76.3 Å². The summed E-state index contributed by atoms with van der Waals surface area (Å²) in [5, 5.41) is 28.6. The van der Waals surface area contributed by atoms with Gasteiger partial charge in [0.05, 0.1) is 22.2 Å². The lowest BCUT2D eigenvalue weighted by Gasteiger charge is -2.22. The Bertz CT molecular complexity index is 460. The standard InChI is InChI=1S/C16H26N4O4/c21-19(22)15(11-17-13-7-3-1-4-8-13)16(20(23)24)12-18-14-9-5-2-6-10-14/h11-14,17-18H,1-10H2/b15-11+,16-12+. The summed E-state index contributed by atoms with van der Waals surface area (Å²) in [6.07, 6.45) is 12.9. The third-order valence-corrected chi connectivity index (χ3v) is 4.78. The van der Waals surface area contributed by atoms with E-state index in [-0.39, 0.29) is 12.1 Å². The van der Waals surface area contributed by atoms with Gasteiger partial charge in [-0.1, -0.05) is 38.5 Å². The molecule has 0 spiro atoms. The van der Waals surface area contributed by atoms with Crippen LogP contribution in [0.2, 0.25) is 0 Å². The van der Waals surface area contributed by atoms with Crippen LogP contribution in [0.5, 0.6) is 0 Å². The van der Waals surface area contributed by atoms with Crippen molar-refractivity contribution >= 4 is 0 Å². The van der Waals surface area contributed by atoms with Crippen molar-refractivity contribution < 1.29 is 9.85 Å². The average molecular weight is 338 g/mol. The van der Waals surface area contributed by atoms with Gasteiger partial charge >= 0.3 is 11.4 Å². The quantitative estimate of drug-likeness (QED) is 0.419. The molecule has 2 fully saturated rings. The fraction of sp³-hybridized carbons (Fsp3) is 0.750. The van der Waals surface area contributed by atoms with Crippen molar-refractivity contribution in [1.82, 2.24) is 10.6 Å². The topological polar surface area (TPSA) is 110 Å². The summed E-state index contributed by atoms with van der Waals surface area (Å²) in [5.74, 6) is 0. The minimum absolute atomic E-state index is 0.160. The largest absolute Gasteiger partial charge is 0.382 e. The summed E-state index contributed by atoms with van der Waals surface area (Å²) in [5.41, 5.74) is -0.984. The zero-order valence-corrected chi connectivity index (χ0v) is 13.9. The van der Waals surface area contributed by atoms with Gasteiger partial charge in [0.15, 0.2) is 0 Å². The molecule has 8 nitrogen and oxygen atoms in total. The third-order valence-electron chi connectivity index (χ3n) is 4.78. The Balaban J connectivity index is 2.07. The highest BCUT2D eigenvalue weighted by Gasteiger charge is 2.30. The van der Waals surface area contributed by atoms with E-state index in [0.717, 1.165) is 51.4 Å². The van der Waals surface area contributed by atoms with E-state index in [1.807, 2.05) is 0 Å². The Kier molecular flexibility index (Phi) is 7.02. The predicted octanol–water partition coefficient (Wildman–Crippen LogP) is 3.07. The van der Waals surface area contributed by atoms with Crippen LogP contribution in [-0.4, -0.2) is 21.9 Å². The lowest BCUT2D eigenvalue weighted by Crippen LogP contribution is -2.29. The molecule has 134 valence electrons. The van der Waals surface area contributed by atoms with Crippen LogP contribution in [-0.2, 0) is 0 Å². The summed E-state index contributed by atoms with van der Waals surface area (Å²) in [6, 6.07) is 0.320. The van der Waals surface area contributed by atoms with Crippen LogP contribution in [0.4, 0.5) is 0 Å². The van der Waals surface area contributed by atoms with E-state index >= 15 is 0 Å². The maximum Gasteiger partial charge on any atom is 0.363 e. The molecular formula is C16H26N4O4.